The van der Waals surface area contributed by atoms with E-state index in [-0.39, 0.29) is 0 Å². The molecule has 2 aliphatic rings. The van der Waals surface area contributed by atoms with Crippen LogP contribution in [0.3, 0.4) is 0 Å². The van der Waals surface area contributed by atoms with Crippen LogP contribution in [-0.2, 0) is 13.1 Å². The molecule has 2 heteroatoms. The molecular formula is C15H24N2. The third kappa shape index (κ3) is 2.42. The first-order chi connectivity index (χ1) is 8.34. The monoisotopic (exact) mass is 232 g/mol. The minimum absolute atomic E-state index is 0.724. The van der Waals surface area contributed by atoms with Gasteiger partial charge in [0.2, 0.25) is 0 Å². The van der Waals surface area contributed by atoms with E-state index in [0.29, 0.717) is 0 Å². The standard InChI is InChI=1S/C15H24N2/c1-2-9-17-10-3-4-14(17)11-16-12-15(7-8-15)13-5-6-13/h3-4,10,13,16H,2,5-9,11-12H2,1H3. The van der Waals surface area contributed by atoms with E-state index in [4.69, 9.17) is 0 Å². The van der Waals surface area contributed by atoms with Gasteiger partial charge in [-0.05, 0) is 55.6 Å². The third-order valence-electron chi connectivity index (χ3n) is 4.51. The molecule has 0 radical (unpaired) electrons. The molecule has 2 nitrogen and oxygen atoms in total. The maximum Gasteiger partial charge on any atom is 0.0359 e. The van der Waals surface area contributed by atoms with Crippen molar-refractivity contribution in [2.24, 2.45) is 11.3 Å². The molecule has 0 aliphatic heterocycles. The first kappa shape index (κ1) is 11.3. The van der Waals surface area contributed by atoms with Crippen LogP contribution in [0.1, 0.15) is 44.7 Å². The van der Waals surface area contributed by atoms with Gasteiger partial charge in [-0.25, -0.2) is 0 Å². The molecule has 1 aromatic heterocycles. The van der Waals surface area contributed by atoms with Crippen LogP contribution in [0.5, 0.6) is 0 Å². The minimum Gasteiger partial charge on any atom is -0.350 e. The molecule has 0 saturated heterocycles. The molecule has 0 aromatic carbocycles. The van der Waals surface area contributed by atoms with Gasteiger partial charge in [-0.3, -0.25) is 0 Å². The van der Waals surface area contributed by atoms with Crippen LogP contribution in [0.15, 0.2) is 18.3 Å². The quantitative estimate of drug-likeness (QED) is 0.764. The van der Waals surface area contributed by atoms with Crippen molar-refractivity contribution in [3.63, 3.8) is 0 Å². The number of nitrogens with one attached hydrogen (secondary N) is 1. The zero-order chi connectivity index (χ0) is 11.7. The Balaban J connectivity index is 1.48. The molecule has 0 atom stereocenters. The highest BCUT2D eigenvalue weighted by Gasteiger charge is 2.53. The normalized spacial score (nSPS) is 21.7. The average molecular weight is 232 g/mol. The molecule has 0 bridgehead atoms. The molecule has 2 saturated carbocycles. The Morgan fingerprint density at radius 2 is 2.24 bits per heavy atom. The molecule has 0 spiro atoms. The zero-order valence-electron chi connectivity index (χ0n) is 10.9. The van der Waals surface area contributed by atoms with Crippen molar-refractivity contribution >= 4 is 0 Å². The summed E-state index contributed by atoms with van der Waals surface area (Å²) in [5, 5.41) is 3.69. The molecule has 0 unspecified atom stereocenters. The summed E-state index contributed by atoms with van der Waals surface area (Å²) in [4.78, 5) is 0. The summed E-state index contributed by atoms with van der Waals surface area (Å²) in [5.41, 5.74) is 2.17. The lowest BCUT2D eigenvalue weighted by Crippen LogP contribution is -2.26. The summed E-state index contributed by atoms with van der Waals surface area (Å²) in [6.07, 6.45) is 9.35. The zero-order valence-corrected chi connectivity index (χ0v) is 10.9. The summed E-state index contributed by atoms with van der Waals surface area (Å²) in [6, 6.07) is 4.42. The lowest BCUT2D eigenvalue weighted by atomic mass is 10.0. The van der Waals surface area contributed by atoms with Gasteiger partial charge in [-0.2, -0.15) is 0 Å². The molecule has 1 heterocycles. The predicted molar refractivity (Wildman–Crippen MR) is 70.8 cm³/mol. The SMILES string of the molecule is CCCn1cccc1CNCC1(C2CC2)CC1. The first-order valence-electron chi connectivity index (χ1n) is 7.19. The lowest BCUT2D eigenvalue weighted by molar-refractivity contribution is 0.400. The van der Waals surface area contributed by atoms with E-state index in [1.165, 1.54) is 44.3 Å². The van der Waals surface area contributed by atoms with Crippen molar-refractivity contribution in [1.82, 2.24) is 9.88 Å². The Morgan fingerprint density at radius 1 is 1.41 bits per heavy atom. The van der Waals surface area contributed by atoms with Crippen molar-refractivity contribution < 1.29 is 0 Å². The van der Waals surface area contributed by atoms with Crippen LogP contribution < -0.4 is 5.32 Å². The van der Waals surface area contributed by atoms with Gasteiger partial charge in [0.1, 0.15) is 0 Å². The molecular weight excluding hydrogens is 208 g/mol. The van der Waals surface area contributed by atoms with Crippen LogP contribution in [0.4, 0.5) is 0 Å². The number of aromatic nitrogens is 1. The number of rotatable bonds is 7. The summed E-state index contributed by atoms with van der Waals surface area (Å²) in [7, 11) is 0. The van der Waals surface area contributed by atoms with Gasteiger partial charge in [0.05, 0.1) is 0 Å². The van der Waals surface area contributed by atoms with Crippen LogP contribution in [0.25, 0.3) is 0 Å². The third-order valence-corrected chi connectivity index (χ3v) is 4.51. The van der Waals surface area contributed by atoms with Crippen molar-refractivity contribution in [1.29, 1.82) is 0 Å². The van der Waals surface area contributed by atoms with E-state index in [1.807, 2.05) is 0 Å². The Hall–Kier alpha value is -0.760. The molecule has 0 amide bonds. The van der Waals surface area contributed by atoms with Crippen LogP contribution >= 0.6 is 0 Å². The predicted octanol–water partition coefficient (Wildman–Crippen LogP) is 3.18. The van der Waals surface area contributed by atoms with E-state index >= 15 is 0 Å². The van der Waals surface area contributed by atoms with Gasteiger partial charge in [-0.15, -0.1) is 0 Å². The van der Waals surface area contributed by atoms with Crippen molar-refractivity contribution in [2.75, 3.05) is 6.54 Å². The second-order valence-electron chi connectivity index (χ2n) is 5.93. The average Bonchev–Trinajstić information content (AvgIpc) is 3.21. The Bertz CT molecular complexity index is 372. The van der Waals surface area contributed by atoms with Crippen molar-refractivity contribution in [3.8, 4) is 0 Å². The number of hydrogen-bond donors (Lipinski definition) is 1. The summed E-state index contributed by atoms with van der Waals surface area (Å²) < 4.78 is 2.38. The topological polar surface area (TPSA) is 17.0 Å². The largest absolute Gasteiger partial charge is 0.350 e. The molecule has 1 N–H and O–H groups in total. The fraction of sp³-hybridized carbons (Fsp3) is 0.733. The fourth-order valence-corrected chi connectivity index (χ4v) is 3.09. The second-order valence-corrected chi connectivity index (χ2v) is 5.93. The molecule has 17 heavy (non-hydrogen) atoms. The van der Waals surface area contributed by atoms with Gasteiger partial charge in [-0.1, -0.05) is 6.92 Å². The summed E-state index contributed by atoms with van der Waals surface area (Å²) in [5.74, 6) is 1.07. The van der Waals surface area contributed by atoms with E-state index in [9.17, 15) is 0 Å². The second kappa shape index (κ2) is 4.49. The van der Waals surface area contributed by atoms with Crippen LogP contribution in [-0.4, -0.2) is 11.1 Å². The fourth-order valence-electron chi connectivity index (χ4n) is 3.09. The Labute approximate surface area is 104 Å². The number of aryl methyl sites for hydroxylation is 1. The summed E-state index contributed by atoms with van der Waals surface area (Å²) in [6.45, 7) is 5.68. The van der Waals surface area contributed by atoms with E-state index in [2.05, 4.69) is 35.1 Å². The molecule has 1 aromatic rings. The molecule has 2 fully saturated rings. The van der Waals surface area contributed by atoms with E-state index < -0.39 is 0 Å². The number of hydrogen-bond acceptors (Lipinski definition) is 1. The lowest BCUT2D eigenvalue weighted by Gasteiger charge is -2.15. The maximum atomic E-state index is 3.69. The van der Waals surface area contributed by atoms with E-state index in [1.54, 1.807) is 0 Å². The smallest absolute Gasteiger partial charge is 0.0359 e. The van der Waals surface area contributed by atoms with Crippen molar-refractivity contribution in [3.05, 3.63) is 24.0 Å². The van der Waals surface area contributed by atoms with E-state index in [0.717, 1.165) is 24.4 Å². The minimum atomic E-state index is 0.724. The van der Waals surface area contributed by atoms with Gasteiger partial charge in [0.25, 0.3) is 0 Å². The Morgan fingerprint density at radius 3 is 2.88 bits per heavy atom. The van der Waals surface area contributed by atoms with Gasteiger partial charge in [0.15, 0.2) is 0 Å². The highest BCUT2D eigenvalue weighted by Crippen LogP contribution is 2.60. The van der Waals surface area contributed by atoms with Gasteiger partial charge >= 0.3 is 0 Å². The van der Waals surface area contributed by atoms with Crippen molar-refractivity contribution in [2.45, 2.75) is 52.1 Å². The highest BCUT2D eigenvalue weighted by atomic mass is 15.0. The number of nitrogens with zero attached hydrogens (tertiary/aromatic N) is 1. The van der Waals surface area contributed by atoms with Crippen LogP contribution in [0.2, 0.25) is 0 Å². The highest BCUT2D eigenvalue weighted by molar-refractivity contribution is 5.08. The maximum absolute atomic E-state index is 3.69. The Kier molecular flexibility index (Phi) is 2.99. The molecule has 94 valence electrons. The molecule has 3 rings (SSSR count). The first-order valence-corrected chi connectivity index (χ1v) is 7.19. The summed E-state index contributed by atoms with van der Waals surface area (Å²) >= 11 is 0. The molecule has 2 aliphatic carbocycles. The van der Waals surface area contributed by atoms with Gasteiger partial charge in [0, 0.05) is 31.5 Å². The van der Waals surface area contributed by atoms with Gasteiger partial charge < -0.3 is 9.88 Å². The van der Waals surface area contributed by atoms with Crippen LogP contribution in [0, 0.1) is 11.3 Å².